The summed E-state index contributed by atoms with van der Waals surface area (Å²) >= 11 is 0. The number of piperidine rings is 1. The van der Waals surface area contributed by atoms with Crippen molar-refractivity contribution in [2.45, 2.75) is 57.9 Å². The van der Waals surface area contributed by atoms with E-state index in [1.54, 1.807) is 0 Å². The number of nitrogens with zero attached hydrogens (tertiary/aromatic N) is 2. The van der Waals surface area contributed by atoms with Crippen molar-refractivity contribution in [3.05, 3.63) is 24.3 Å². The zero-order valence-electron chi connectivity index (χ0n) is 17.9. The fraction of sp³-hybridized carbons (Fsp3) is 0.609. The summed E-state index contributed by atoms with van der Waals surface area (Å²) in [5, 5.41) is 5.67. The molecule has 0 bridgehead atoms. The number of nitrogens with one attached hydrogen (secondary N) is 2. The third-order valence-electron chi connectivity index (χ3n) is 6.98. The average molecular weight is 413 g/mol. The van der Waals surface area contributed by atoms with Crippen molar-refractivity contribution in [3.8, 4) is 0 Å². The average Bonchev–Trinajstić information content (AvgIpc) is 2.96. The summed E-state index contributed by atoms with van der Waals surface area (Å²) < 4.78 is 0. The van der Waals surface area contributed by atoms with E-state index in [0.29, 0.717) is 24.4 Å². The van der Waals surface area contributed by atoms with Gasteiger partial charge in [0, 0.05) is 24.5 Å². The van der Waals surface area contributed by atoms with E-state index in [1.807, 2.05) is 24.3 Å². The summed E-state index contributed by atoms with van der Waals surface area (Å²) in [4.78, 5) is 41.2. The fourth-order valence-corrected chi connectivity index (χ4v) is 4.78. The number of hydrogen-bond donors (Lipinski definition) is 2. The van der Waals surface area contributed by atoms with Gasteiger partial charge in [0.2, 0.25) is 5.91 Å². The molecule has 4 amide bonds. The molecule has 1 aliphatic carbocycles. The first-order chi connectivity index (χ1) is 14.4. The third kappa shape index (κ3) is 4.16. The van der Waals surface area contributed by atoms with E-state index >= 15 is 0 Å². The van der Waals surface area contributed by atoms with E-state index in [0.717, 1.165) is 42.4 Å². The molecule has 1 aromatic rings. The van der Waals surface area contributed by atoms with Crippen LogP contribution in [0.2, 0.25) is 0 Å². The van der Waals surface area contributed by atoms with Crippen LogP contribution in [0.3, 0.4) is 0 Å². The minimum atomic E-state index is -0.808. The standard InChI is InChI=1S/C23H32N4O3/c1-16-7-11-23(12-8-16)21(29)27(22(30)25-23)15-20(28)24-18-3-5-19(6-4-18)26-13-9-17(2)10-14-26/h3-6,16-17H,7-15H2,1-2H3,(H,24,28)(H,25,30). The van der Waals surface area contributed by atoms with E-state index in [-0.39, 0.29) is 18.4 Å². The van der Waals surface area contributed by atoms with Crippen LogP contribution in [0.15, 0.2) is 24.3 Å². The Hall–Kier alpha value is -2.57. The number of amides is 4. The lowest BCUT2D eigenvalue weighted by atomic mass is 9.77. The molecule has 0 atom stereocenters. The highest BCUT2D eigenvalue weighted by molar-refractivity contribution is 6.10. The van der Waals surface area contributed by atoms with Crippen LogP contribution in [0.1, 0.15) is 52.4 Å². The summed E-state index contributed by atoms with van der Waals surface area (Å²) in [5.41, 5.74) is 1.02. The SMILES string of the molecule is CC1CCN(c2ccc(NC(=O)CN3C(=O)NC4(CCC(C)CC4)C3=O)cc2)CC1. The van der Waals surface area contributed by atoms with Crippen molar-refractivity contribution >= 4 is 29.2 Å². The molecule has 4 rings (SSSR count). The van der Waals surface area contributed by atoms with Gasteiger partial charge in [0.05, 0.1) is 0 Å². The Morgan fingerprint density at radius 3 is 2.27 bits per heavy atom. The highest BCUT2D eigenvalue weighted by Crippen LogP contribution is 2.36. The predicted molar refractivity (Wildman–Crippen MR) is 116 cm³/mol. The summed E-state index contributed by atoms with van der Waals surface area (Å²) in [5.74, 6) is 0.721. The molecule has 2 saturated heterocycles. The Morgan fingerprint density at radius 2 is 1.63 bits per heavy atom. The molecule has 1 aromatic carbocycles. The largest absolute Gasteiger partial charge is 0.372 e. The molecule has 162 valence electrons. The number of carbonyl (C=O) groups excluding carboxylic acids is 3. The zero-order chi connectivity index (χ0) is 21.3. The molecule has 1 spiro atoms. The van der Waals surface area contributed by atoms with Gasteiger partial charge in [-0.1, -0.05) is 13.8 Å². The first-order valence-corrected chi connectivity index (χ1v) is 11.2. The Bertz CT molecular complexity index is 806. The molecule has 7 nitrogen and oxygen atoms in total. The Labute approximate surface area is 178 Å². The quantitative estimate of drug-likeness (QED) is 0.743. The third-order valence-corrected chi connectivity index (χ3v) is 6.98. The molecular weight excluding hydrogens is 380 g/mol. The highest BCUT2D eigenvalue weighted by Gasteiger charge is 2.52. The minimum Gasteiger partial charge on any atom is -0.372 e. The molecule has 7 heteroatoms. The van der Waals surface area contributed by atoms with Crippen LogP contribution in [-0.2, 0) is 9.59 Å². The van der Waals surface area contributed by atoms with Gasteiger partial charge in [0.25, 0.3) is 5.91 Å². The minimum absolute atomic E-state index is 0.256. The lowest BCUT2D eigenvalue weighted by Crippen LogP contribution is -2.49. The fourth-order valence-electron chi connectivity index (χ4n) is 4.78. The lowest BCUT2D eigenvalue weighted by molar-refractivity contribution is -0.135. The maximum absolute atomic E-state index is 12.9. The van der Waals surface area contributed by atoms with Crippen molar-refractivity contribution in [2.75, 3.05) is 29.9 Å². The number of rotatable bonds is 4. The van der Waals surface area contributed by atoms with Crippen LogP contribution in [-0.4, -0.2) is 47.9 Å². The van der Waals surface area contributed by atoms with Crippen molar-refractivity contribution in [2.24, 2.45) is 11.8 Å². The molecule has 30 heavy (non-hydrogen) atoms. The van der Waals surface area contributed by atoms with Gasteiger partial charge in [-0.25, -0.2) is 4.79 Å². The van der Waals surface area contributed by atoms with Gasteiger partial charge in [-0.15, -0.1) is 0 Å². The number of hydrogen-bond acceptors (Lipinski definition) is 4. The van der Waals surface area contributed by atoms with Crippen LogP contribution in [0.5, 0.6) is 0 Å². The lowest BCUT2D eigenvalue weighted by Gasteiger charge is -2.33. The highest BCUT2D eigenvalue weighted by atomic mass is 16.2. The normalized spacial score (nSPS) is 27.5. The topological polar surface area (TPSA) is 81.8 Å². The van der Waals surface area contributed by atoms with Gasteiger partial charge < -0.3 is 15.5 Å². The van der Waals surface area contributed by atoms with Gasteiger partial charge in [-0.3, -0.25) is 14.5 Å². The maximum Gasteiger partial charge on any atom is 0.325 e. The van der Waals surface area contributed by atoms with Gasteiger partial charge >= 0.3 is 6.03 Å². The molecule has 0 aromatic heterocycles. The molecule has 2 heterocycles. The molecule has 3 fully saturated rings. The molecular formula is C23H32N4O3. The van der Waals surface area contributed by atoms with Crippen LogP contribution >= 0.6 is 0 Å². The Kier molecular flexibility index (Phi) is 5.71. The van der Waals surface area contributed by atoms with E-state index in [9.17, 15) is 14.4 Å². The summed E-state index contributed by atoms with van der Waals surface area (Å²) in [6, 6.07) is 7.32. The second-order valence-corrected chi connectivity index (χ2v) is 9.35. The number of imide groups is 1. The molecule has 1 saturated carbocycles. The number of benzene rings is 1. The molecule has 2 N–H and O–H groups in total. The van der Waals surface area contributed by atoms with Crippen molar-refractivity contribution in [1.29, 1.82) is 0 Å². The van der Waals surface area contributed by atoms with E-state index < -0.39 is 11.6 Å². The van der Waals surface area contributed by atoms with Gasteiger partial charge in [0.1, 0.15) is 12.1 Å². The first-order valence-electron chi connectivity index (χ1n) is 11.2. The first kappa shape index (κ1) is 20.7. The Balaban J connectivity index is 1.33. The summed E-state index contributed by atoms with van der Waals surface area (Å²) in [6.45, 7) is 6.31. The summed E-state index contributed by atoms with van der Waals surface area (Å²) in [7, 11) is 0. The number of anilines is 2. The van der Waals surface area contributed by atoms with Gasteiger partial charge in [0.15, 0.2) is 0 Å². The molecule has 3 aliphatic rings. The zero-order valence-corrected chi connectivity index (χ0v) is 17.9. The van der Waals surface area contributed by atoms with Crippen molar-refractivity contribution in [3.63, 3.8) is 0 Å². The smallest absolute Gasteiger partial charge is 0.325 e. The van der Waals surface area contributed by atoms with Crippen molar-refractivity contribution < 1.29 is 14.4 Å². The monoisotopic (exact) mass is 412 g/mol. The van der Waals surface area contributed by atoms with Crippen LogP contribution in [0, 0.1) is 11.8 Å². The van der Waals surface area contributed by atoms with Crippen LogP contribution < -0.4 is 15.5 Å². The molecule has 2 aliphatic heterocycles. The van der Waals surface area contributed by atoms with Crippen molar-refractivity contribution in [1.82, 2.24) is 10.2 Å². The summed E-state index contributed by atoms with van der Waals surface area (Å²) in [6.07, 6.45) is 5.51. The van der Waals surface area contributed by atoms with E-state index in [1.165, 1.54) is 12.8 Å². The molecule has 0 radical (unpaired) electrons. The van der Waals surface area contributed by atoms with Crippen LogP contribution in [0.25, 0.3) is 0 Å². The maximum atomic E-state index is 12.9. The van der Waals surface area contributed by atoms with Gasteiger partial charge in [-0.05, 0) is 74.6 Å². The predicted octanol–water partition coefficient (Wildman–Crippen LogP) is 3.36. The Morgan fingerprint density at radius 1 is 1.03 bits per heavy atom. The second-order valence-electron chi connectivity index (χ2n) is 9.35. The number of carbonyl (C=O) groups is 3. The number of urea groups is 1. The van der Waals surface area contributed by atoms with E-state index in [2.05, 4.69) is 29.4 Å². The van der Waals surface area contributed by atoms with Gasteiger partial charge in [-0.2, -0.15) is 0 Å². The van der Waals surface area contributed by atoms with E-state index in [4.69, 9.17) is 0 Å². The van der Waals surface area contributed by atoms with Crippen LogP contribution in [0.4, 0.5) is 16.2 Å². The molecule has 0 unspecified atom stereocenters. The second kappa shape index (κ2) is 8.28.